The summed E-state index contributed by atoms with van der Waals surface area (Å²) in [6, 6.07) is 24.1. The van der Waals surface area contributed by atoms with Crippen LogP contribution in [0, 0.1) is 5.92 Å². The molecule has 3 aromatic carbocycles. The molecule has 0 saturated carbocycles. The van der Waals surface area contributed by atoms with Gasteiger partial charge in [-0.05, 0) is 66.5 Å². The van der Waals surface area contributed by atoms with Crippen LogP contribution in [0.3, 0.4) is 0 Å². The Morgan fingerprint density at radius 1 is 0.920 bits per heavy atom. The predicted octanol–water partition coefficient (Wildman–Crippen LogP) is 3.38. The summed E-state index contributed by atoms with van der Waals surface area (Å²) in [5, 5.41) is 28.9. The number of aliphatic hydroxyl groups is 2. The summed E-state index contributed by atoms with van der Waals surface area (Å²) >= 11 is 0. The van der Waals surface area contributed by atoms with Crippen molar-refractivity contribution in [1.82, 2.24) is 15.5 Å². The quantitative estimate of drug-likeness (QED) is 0.181. The Morgan fingerprint density at radius 2 is 1.66 bits per heavy atom. The molecule has 6 atom stereocenters. The zero-order valence-electron chi connectivity index (χ0n) is 28.8. The van der Waals surface area contributed by atoms with E-state index in [2.05, 4.69) is 15.5 Å². The van der Waals surface area contributed by atoms with E-state index in [1.165, 1.54) is 0 Å². The fraction of sp³-hybridized carbons (Fsp3) is 0.500. The number of rotatable bonds is 16. The van der Waals surface area contributed by atoms with Gasteiger partial charge in [0.2, 0.25) is 11.8 Å². The van der Waals surface area contributed by atoms with Gasteiger partial charge in [-0.3, -0.25) is 14.5 Å². The number of nitrogens with one attached hydrogen (secondary N) is 2. The molecular weight excluding hydrogens is 634 g/mol. The van der Waals surface area contributed by atoms with Gasteiger partial charge in [-0.15, -0.1) is 0 Å². The highest BCUT2D eigenvalue weighted by Crippen LogP contribution is 2.32. The van der Waals surface area contributed by atoms with Crippen molar-refractivity contribution in [2.45, 2.75) is 75.3 Å². The number of nitrogens with zero attached hydrogens (tertiary/aromatic N) is 1. The Hall–Kier alpha value is -3.80. The predicted molar refractivity (Wildman–Crippen MR) is 190 cm³/mol. The van der Waals surface area contributed by atoms with Crippen LogP contribution in [0.4, 0.5) is 0 Å². The van der Waals surface area contributed by atoms with Crippen molar-refractivity contribution in [2.75, 3.05) is 46.1 Å². The number of benzene rings is 3. The van der Waals surface area contributed by atoms with E-state index < -0.39 is 30.2 Å². The van der Waals surface area contributed by atoms with Crippen molar-refractivity contribution in [3.05, 3.63) is 101 Å². The molecule has 2 aliphatic heterocycles. The molecule has 0 radical (unpaired) electrons. The molecule has 2 amide bonds. The highest BCUT2D eigenvalue weighted by atomic mass is 16.5. The molecule has 3 unspecified atom stereocenters. The standard InChI is InChI=1S/C40H51N3O7/c44-36(35(24-28-7-2-1-3-8-28)41-38(46)27-33-10-6-19-49-33)26-31(40(47)42-39-34-11-5-4-9-30(34)25-37(39)45)23-29-12-14-32(15-13-29)50-22-18-43-16-20-48-21-17-43/h1-5,7-9,11-15,31,33,35-37,39,44-45H,6,10,16-27H2,(H,41,46)(H,42,47)/t31?,33-,35?,36?,37-,39-/m0/s1. The van der Waals surface area contributed by atoms with Gasteiger partial charge in [-0.2, -0.15) is 0 Å². The summed E-state index contributed by atoms with van der Waals surface area (Å²) in [6.07, 6.45) is 1.52. The summed E-state index contributed by atoms with van der Waals surface area (Å²) in [4.78, 5) is 29.6. The number of amides is 2. The normalized spacial score (nSPS) is 22.3. The first-order valence-corrected chi connectivity index (χ1v) is 18.1. The van der Waals surface area contributed by atoms with Gasteiger partial charge in [0.1, 0.15) is 12.4 Å². The van der Waals surface area contributed by atoms with Crippen LogP contribution in [0.1, 0.15) is 54.0 Å². The molecular formula is C40H51N3O7. The maximum atomic E-state index is 14.1. The summed E-state index contributed by atoms with van der Waals surface area (Å²) in [6.45, 7) is 5.38. The molecule has 50 heavy (non-hydrogen) atoms. The van der Waals surface area contributed by atoms with Gasteiger partial charge in [-0.1, -0.05) is 66.7 Å². The van der Waals surface area contributed by atoms with Crippen molar-refractivity contribution >= 4 is 11.8 Å². The molecule has 268 valence electrons. The van der Waals surface area contributed by atoms with Crippen LogP contribution in [0.25, 0.3) is 0 Å². The van der Waals surface area contributed by atoms with Gasteiger partial charge < -0.3 is 35.1 Å². The Bertz CT molecular complexity index is 1510. The molecule has 0 spiro atoms. The van der Waals surface area contributed by atoms with Crippen LogP contribution in [-0.4, -0.2) is 97.3 Å². The van der Waals surface area contributed by atoms with Crippen LogP contribution in [-0.2, 0) is 38.3 Å². The highest BCUT2D eigenvalue weighted by Gasteiger charge is 2.35. The molecule has 0 bridgehead atoms. The smallest absolute Gasteiger partial charge is 0.224 e. The van der Waals surface area contributed by atoms with E-state index in [4.69, 9.17) is 14.2 Å². The van der Waals surface area contributed by atoms with Gasteiger partial charge in [-0.25, -0.2) is 0 Å². The molecule has 4 N–H and O–H groups in total. The number of aliphatic hydroxyl groups excluding tert-OH is 2. The lowest BCUT2D eigenvalue weighted by atomic mass is 9.88. The van der Waals surface area contributed by atoms with E-state index in [1.54, 1.807) is 0 Å². The molecule has 2 fully saturated rings. The topological polar surface area (TPSA) is 130 Å². The minimum atomic E-state index is -1.01. The highest BCUT2D eigenvalue weighted by molar-refractivity contribution is 5.80. The van der Waals surface area contributed by atoms with Gasteiger partial charge >= 0.3 is 0 Å². The number of hydrogen-bond acceptors (Lipinski definition) is 8. The van der Waals surface area contributed by atoms with Gasteiger partial charge in [0.05, 0.1) is 50.0 Å². The number of hydrogen-bond donors (Lipinski definition) is 4. The maximum Gasteiger partial charge on any atom is 0.224 e. The van der Waals surface area contributed by atoms with E-state index in [9.17, 15) is 19.8 Å². The fourth-order valence-electron chi connectivity index (χ4n) is 7.31. The molecule has 10 nitrogen and oxygen atoms in total. The minimum Gasteiger partial charge on any atom is -0.492 e. The van der Waals surface area contributed by atoms with E-state index in [0.29, 0.717) is 32.5 Å². The third kappa shape index (κ3) is 10.1. The van der Waals surface area contributed by atoms with E-state index in [0.717, 1.165) is 73.7 Å². The van der Waals surface area contributed by atoms with Crippen LogP contribution in [0.5, 0.6) is 5.75 Å². The second kappa shape index (κ2) is 17.9. The van der Waals surface area contributed by atoms with Gasteiger partial charge in [0.25, 0.3) is 0 Å². The molecule has 3 aliphatic rings. The summed E-state index contributed by atoms with van der Waals surface area (Å²) in [7, 11) is 0. The molecule has 1 aliphatic carbocycles. The van der Waals surface area contributed by atoms with Crippen molar-refractivity contribution in [2.24, 2.45) is 5.92 Å². The number of carbonyl (C=O) groups is 2. The average molecular weight is 686 g/mol. The molecule has 3 aromatic rings. The fourth-order valence-corrected chi connectivity index (χ4v) is 7.31. The second-order valence-electron chi connectivity index (χ2n) is 13.8. The van der Waals surface area contributed by atoms with Crippen molar-refractivity contribution < 1.29 is 34.0 Å². The van der Waals surface area contributed by atoms with E-state index >= 15 is 0 Å². The average Bonchev–Trinajstić information content (AvgIpc) is 3.76. The zero-order valence-corrected chi connectivity index (χ0v) is 28.8. The molecule has 2 saturated heterocycles. The van der Waals surface area contributed by atoms with Gasteiger partial charge in [0, 0.05) is 38.6 Å². The van der Waals surface area contributed by atoms with Crippen LogP contribution >= 0.6 is 0 Å². The first-order chi connectivity index (χ1) is 24.4. The molecule has 6 rings (SSSR count). The number of fused-ring (bicyclic) bond motifs is 1. The SMILES string of the molecule is O=C(C[C@@H]1CCCO1)NC(Cc1ccccc1)C(O)CC(Cc1ccc(OCCN2CCOCC2)cc1)C(=O)N[C@H]1c2ccccc2C[C@@H]1O. The lowest BCUT2D eigenvalue weighted by molar-refractivity contribution is -0.128. The lowest BCUT2D eigenvalue weighted by Gasteiger charge is -2.29. The largest absolute Gasteiger partial charge is 0.492 e. The molecule has 10 heteroatoms. The first kappa shape index (κ1) is 36.0. The van der Waals surface area contributed by atoms with Crippen LogP contribution in [0.15, 0.2) is 78.9 Å². The maximum absolute atomic E-state index is 14.1. The molecule has 2 heterocycles. The summed E-state index contributed by atoms with van der Waals surface area (Å²) in [5.41, 5.74) is 3.83. The van der Waals surface area contributed by atoms with Crippen molar-refractivity contribution in [3.8, 4) is 5.75 Å². The second-order valence-corrected chi connectivity index (χ2v) is 13.8. The third-order valence-corrected chi connectivity index (χ3v) is 10.1. The summed E-state index contributed by atoms with van der Waals surface area (Å²) < 4.78 is 17.1. The van der Waals surface area contributed by atoms with Crippen molar-refractivity contribution in [3.63, 3.8) is 0 Å². The van der Waals surface area contributed by atoms with Crippen LogP contribution in [0.2, 0.25) is 0 Å². The minimum absolute atomic E-state index is 0.116. The Morgan fingerprint density at radius 3 is 2.42 bits per heavy atom. The zero-order chi connectivity index (χ0) is 34.7. The summed E-state index contributed by atoms with van der Waals surface area (Å²) in [5.74, 6) is -0.301. The molecule has 0 aromatic heterocycles. The van der Waals surface area contributed by atoms with Crippen molar-refractivity contribution in [1.29, 1.82) is 0 Å². The first-order valence-electron chi connectivity index (χ1n) is 18.1. The monoisotopic (exact) mass is 685 g/mol. The Kier molecular flexibility index (Phi) is 12.9. The number of morpholine rings is 1. The van der Waals surface area contributed by atoms with Crippen LogP contribution < -0.4 is 15.4 Å². The lowest BCUT2D eigenvalue weighted by Crippen LogP contribution is -2.48. The Labute approximate surface area is 295 Å². The number of ether oxygens (including phenoxy) is 3. The van der Waals surface area contributed by atoms with Gasteiger partial charge in [0.15, 0.2) is 0 Å². The van der Waals surface area contributed by atoms with E-state index in [1.807, 2.05) is 78.9 Å². The van der Waals surface area contributed by atoms with E-state index in [-0.39, 0.29) is 30.8 Å². The Balaban J connectivity index is 1.16. The third-order valence-electron chi connectivity index (χ3n) is 10.1. The number of carbonyl (C=O) groups excluding carboxylic acids is 2.